The van der Waals surface area contributed by atoms with Crippen molar-refractivity contribution < 1.29 is 9.59 Å². The van der Waals surface area contributed by atoms with Crippen LogP contribution in [-0.4, -0.2) is 45.0 Å². The molecule has 7 heteroatoms. The fraction of sp³-hybridized carbons (Fsp3) is 0.360. The van der Waals surface area contributed by atoms with Crippen molar-refractivity contribution >= 4 is 17.5 Å². The Morgan fingerprint density at radius 3 is 2.56 bits per heavy atom. The summed E-state index contributed by atoms with van der Waals surface area (Å²) in [6, 6.07) is 17.3. The summed E-state index contributed by atoms with van der Waals surface area (Å²) in [5.74, 6) is 2.02. The second-order valence-electron chi connectivity index (χ2n) is 8.73. The Morgan fingerprint density at radius 2 is 1.81 bits per heavy atom. The van der Waals surface area contributed by atoms with Crippen molar-refractivity contribution in [2.45, 2.75) is 38.0 Å². The van der Waals surface area contributed by atoms with Gasteiger partial charge in [-0.3, -0.25) is 14.7 Å². The molecule has 2 amide bonds. The topological polar surface area (TPSA) is 91.0 Å². The highest BCUT2D eigenvalue weighted by atomic mass is 16.2. The van der Waals surface area contributed by atoms with E-state index in [2.05, 4.69) is 20.5 Å². The molecule has 2 heterocycles. The van der Waals surface area contributed by atoms with Crippen molar-refractivity contribution in [2.75, 3.05) is 18.4 Å². The lowest BCUT2D eigenvalue weighted by Gasteiger charge is -2.32. The predicted molar refractivity (Wildman–Crippen MR) is 122 cm³/mol. The third-order valence-corrected chi connectivity index (χ3v) is 6.22. The molecule has 1 atom stereocenters. The lowest BCUT2D eigenvalue weighted by Crippen LogP contribution is -2.44. The zero-order chi connectivity index (χ0) is 21.9. The molecule has 7 nitrogen and oxygen atoms in total. The van der Waals surface area contributed by atoms with Crippen LogP contribution >= 0.6 is 0 Å². The Morgan fingerprint density at radius 1 is 1.03 bits per heavy atom. The zero-order valence-corrected chi connectivity index (χ0v) is 18.0. The molecule has 2 fully saturated rings. The maximum Gasteiger partial charge on any atom is 0.229 e. The number of piperidine rings is 1. The molecule has 2 aliphatic rings. The molecule has 3 aromatic rings. The number of carbonyl (C=O) groups is 2. The number of aromatic amines is 1. The summed E-state index contributed by atoms with van der Waals surface area (Å²) < 4.78 is 0. The third-order valence-electron chi connectivity index (χ3n) is 6.22. The predicted octanol–water partition coefficient (Wildman–Crippen LogP) is 3.77. The van der Waals surface area contributed by atoms with Crippen LogP contribution in [0, 0.1) is 5.92 Å². The molecule has 164 valence electrons. The van der Waals surface area contributed by atoms with Gasteiger partial charge in [0.25, 0.3) is 0 Å². The number of hydrogen-bond acceptors (Lipinski definition) is 4. The summed E-state index contributed by atoms with van der Waals surface area (Å²) >= 11 is 0. The molecule has 1 aromatic heterocycles. The van der Waals surface area contributed by atoms with Crippen LogP contribution in [0.5, 0.6) is 0 Å². The normalized spacial score (nSPS) is 18.4. The molecule has 32 heavy (non-hydrogen) atoms. The Balaban J connectivity index is 1.17. The van der Waals surface area contributed by atoms with Crippen molar-refractivity contribution in [2.24, 2.45) is 5.92 Å². The number of hydrogen-bond donors (Lipinski definition) is 2. The molecule has 0 spiro atoms. The van der Waals surface area contributed by atoms with E-state index in [4.69, 9.17) is 0 Å². The number of aromatic nitrogens is 3. The first kappa shape index (κ1) is 20.4. The fourth-order valence-electron chi connectivity index (χ4n) is 4.19. The van der Waals surface area contributed by atoms with E-state index in [0.717, 1.165) is 35.5 Å². The summed E-state index contributed by atoms with van der Waals surface area (Å²) in [6.07, 6.45) is 4.36. The number of H-pyrrole nitrogens is 1. The highest BCUT2D eigenvalue weighted by molar-refractivity contribution is 5.93. The number of anilines is 1. The van der Waals surface area contributed by atoms with Crippen LogP contribution in [0.15, 0.2) is 54.6 Å². The molecule has 1 unspecified atom stereocenters. The maximum absolute atomic E-state index is 12.9. The number of nitrogens with one attached hydrogen (secondary N) is 2. The van der Waals surface area contributed by atoms with Crippen LogP contribution in [0.1, 0.15) is 43.0 Å². The largest absolute Gasteiger partial charge is 0.342 e. The zero-order valence-electron chi connectivity index (χ0n) is 18.0. The molecule has 2 aromatic carbocycles. The molecule has 1 aliphatic heterocycles. The lowest BCUT2D eigenvalue weighted by molar-refractivity contribution is -0.133. The first-order valence-electron chi connectivity index (χ1n) is 11.3. The molecule has 1 saturated heterocycles. The Labute approximate surface area is 187 Å². The summed E-state index contributed by atoms with van der Waals surface area (Å²) in [5, 5.41) is 10.3. The third kappa shape index (κ3) is 4.72. The van der Waals surface area contributed by atoms with Crippen molar-refractivity contribution in [3.63, 3.8) is 0 Å². The number of likely N-dealkylation sites (tertiary alicyclic amines) is 1. The van der Waals surface area contributed by atoms with Crippen LogP contribution in [0.25, 0.3) is 11.4 Å². The number of rotatable bonds is 6. The minimum atomic E-state index is -0.197. The van der Waals surface area contributed by atoms with Crippen LogP contribution in [0.2, 0.25) is 0 Å². The van der Waals surface area contributed by atoms with Crippen LogP contribution in [-0.2, 0) is 16.0 Å². The fourth-order valence-corrected chi connectivity index (χ4v) is 4.19. The van der Waals surface area contributed by atoms with Crippen molar-refractivity contribution in [3.8, 4) is 11.4 Å². The molecule has 0 radical (unpaired) electrons. The van der Waals surface area contributed by atoms with Gasteiger partial charge in [0.15, 0.2) is 5.82 Å². The van der Waals surface area contributed by atoms with Gasteiger partial charge in [-0.25, -0.2) is 4.98 Å². The summed E-state index contributed by atoms with van der Waals surface area (Å²) in [7, 11) is 0. The highest BCUT2D eigenvalue weighted by Crippen LogP contribution is 2.38. The van der Waals surface area contributed by atoms with Gasteiger partial charge in [0, 0.05) is 30.3 Å². The van der Waals surface area contributed by atoms with Crippen LogP contribution in [0.3, 0.4) is 0 Å². The van der Waals surface area contributed by atoms with E-state index in [-0.39, 0.29) is 17.7 Å². The van der Waals surface area contributed by atoms with Gasteiger partial charge < -0.3 is 10.2 Å². The van der Waals surface area contributed by atoms with Crippen LogP contribution in [0.4, 0.5) is 5.69 Å². The van der Waals surface area contributed by atoms with Crippen molar-refractivity contribution in [3.05, 3.63) is 66.0 Å². The summed E-state index contributed by atoms with van der Waals surface area (Å²) in [5.41, 5.74) is 2.66. The number of benzene rings is 2. The molecular weight excluding hydrogens is 402 g/mol. The molecule has 5 rings (SSSR count). The first-order valence-corrected chi connectivity index (χ1v) is 11.3. The minimum absolute atomic E-state index is 0.0381. The minimum Gasteiger partial charge on any atom is -0.342 e. The SMILES string of the molecule is O=C(Nc1ccc(-c2n[nH]c(C3CC3)n2)cc1)C1CCCN(C(=O)Cc2ccccc2)C1. The lowest BCUT2D eigenvalue weighted by atomic mass is 9.96. The van der Waals surface area contributed by atoms with Gasteiger partial charge in [0.2, 0.25) is 11.8 Å². The molecule has 2 N–H and O–H groups in total. The number of amides is 2. The van der Waals surface area contributed by atoms with Gasteiger partial charge in [-0.1, -0.05) is 30.3 Å². The second-order valence-corrected chi connectivity index (χ2v) is 8.73. The van der Waals surface area contributed by atoms with E-state index < -0.39 is 0 Å². The Bertz CT molecular complexity index is 1090. The van der Waals surface area contributed by atoms with Gasteiger partial charge in [-0.15, -0.1) is 0 Å². The number of nitrogens with zero attached hydrogens (tertiary/aromatic N) is 3. The van der Waals surface area contributed by atoms with E-state index >= 15 is 0 Å². The van der Waals surface area contributed by atoms with Gasteiger partial charge in [-0.05, 0) is 55.5 Å². The quantitative estimate of drug-likeness (QED) is 0.624. The van der Waals surface area contributed by atoms with E-state index in [1.807, 2.05) is 59.5 Å². The van der Waals surface area contributed by atoms with Crippen LogP contribution < -0.4 is 5.32 Å². The van der Waals surface area contributed by atoms with Gasteiger partial charge in [0.05, 0.1) is 12.3 Å². The highest BCUT2D eigenvalue weighted by Gasteiger charge is 2.29. The first-order chi connectivity index (χ1) is 15.7. The smallest absolute Gasteiger partial charge is 0.229 e. The Hall–Kier alpha value is -3.48. The van der Waals surface area contributed by atoms with E-state index in [1.165, 1.54) is 12.8 Å². The number of carbonyl (C=O) groups excluding carboxylic acids is 2. The van der Waals surface area contributed by atoms with Gasteiger partial charge in [0.1, 0.15) is 5.82 Å². The average molecular weight is 430 g/mol. The molecular formula is C25H27N5O2. The summed E-state index contributed by atoms with van der Waals surface area (Å²) in [4.78, 5) is 31.9. The van der Waals surface area contributed by atoms with Gasteiger partial charge >= 0.3 is 0 Å². The molecule has 0 bridgehead atoms. The van der Waals surface area contributed by atoms with E-state index in [1.54, 1.807) is 0 Å². The molecule has 1 aliphatic carbocycles. The van der Waals surface area contributed by atoms with Crippen molar-refractivity contribution in [1.29, 1.82) is 0 Å². The average Bonchev–Trinajstić information content (AvgIpc) is 3.57. The second kappa shape index (κ2) is 8.94. The van der Waals surface area contributed by atoms with E-state index in [0.29, 0.717) is 31.3 Å². The summed E-state index contributed by atoms with van der Waals surface area (Å²) in [6.45, 7) is 1.18. The standard InChI is InChI=1S/C25H27N5O2/c31-22(15-17-5-2-1-3-6-17)30-14-4-7-20(16-30)25(32)26-21-12-10-19(11-13-21)24-27-23(28-29-24)18-8-9-18/h1-3,5-6,10-13,18,20H,4,7-9,14-16H2,(H,26,32)(H,27,28,29). The maximum atomic E-state index is 12.9. The monoisotopic (exact) mass is 429 g/mol. The van der Waals surface area contributed by atoms with E-state index in [9.17, 15) is 9.59 Å². The Kier molecular flexibility index (Phi) is 5.71. The molecule has 1 saturated carbocycles. The van der Waals surface area contributed by atoms with Gasteiger partial charge in [-0.2, -0.15) is 5.10 Å². The van der Waals surface area contributed by atoms with Crippen molar-refractivity contribution in [1.82, 2.24) is 20.1 Å².